The van der Waals surface area contributed by atoms with Gasteiger partial charge in [0.25, 0.3) is 5.91 Å². The molecule has 0 heterocycles. The molecule has 1 rings (SSSR count). The molecule has 16 heavy (non-hydrogen) atoms. The highest BCUT2D eigenvalue weighted by Crippen LogP contribution is 2.15. The first-order valence-corrected chi connectivity index (χ1v) is 4.54. The lowest BCUT2D eigenvalue weighted by molar-refractivity contribution is -0.139. The number of rotatable bonds is 3. The SMILES string of the molecule is COC(=O)CNC(=O)c1ccc(N)cc1N. The van der Waals surface area contributed by atoms with Crippen molar-refractivity contribution in [1.29, 1.82) is 0 Å². The molecule has 0 aliphatic heterocycles. The molecule has 0 bridgehead atoms. The van der Waals surface area contributed by atoms with Gasteiger partial charge in [0.05, 0.1) is 12.7 Å². The standard InChI is InChI=1S/C10H13N3O3/c1-16-9(14)5-13-10(15)7-3-2-6(11)4-8(7)12/h2-4H,5,11-12H2,1H3,(H,13,15). The van der Waals surface area contributed by atoms with E-state index in [0.717, 1.165) is 0 Å². The number of carbonyl (C=O) groups is 2. The van der Waals surface area contributed by atoms with Gasteiger partial charge in [-0.05, 0) is 18.2 Å². The molecule has 0 saturated carbocycles. The first-order chi connectivity index (χ1) is 7.54. The van der Waals surface area contributed by atoms with E-state index in [9.17, 15) is 9.59 Å². The summed E-state index contributed by atoms with van der Waals surface area (Å²) in [5.41, 5.74) is 12.1. The molecular weight excluding hydrogens is 210 g/mol. The number of amides is 1. The van der Waals surface area contributed by atoms with E-state index in [-0.39, 0.29) is 17.8 Å². The maximum atomic E-state index is 11.6. The summed E-state index contributed by atoms with van der Waals surface area (Å²) in [7, 11) is 1.24. The Morgan fingerprint density at radius 2 is 2.06 bits per heavy atom. The maximum absolute atomic E-state index is 11.6. The maximum Gasteiger partial charge on any atom is 0.325 e. The molecule has 0 atom stereocenters. The number of ether oxygens (including phenoxy) is 1. The first kappa shape index (κ1) is 11.8. The second-order valence-electron chi connectivity index (χ2n) is 3.11. The normalized spacial score (nSPS) is 9.56. The van der Waals surface area contributed by atoms with E-state index in [4.69, 9.17) is 11.5 Å². The van der Waals surface area contributed by atoms with Gasteiger partial charge in [0, 0.05) is 11.4 Å². The van der Waals surface area contributed by atoms with Crippen molar-refractivity contribution in [3.8, 4) is 0 Å². The summed E-state index contributed by atoms with van der Waals surface area (Å²) in [5.74, 6) is -0.967. The monoisotopic (exact) mass is 223 g/mol. The van der Waals surface area contributed by atoms with Crippen LogP contribution in [0, 0.1) is 0 Å². The lowest BCUT2D eigenvalue weighted by Gasteiger charge is -2.07. The number of hydrogen-bond acceptors (Lipinski definition) is 5. The molecule has 0 spiro atoms. The van der Waals surface area contributed by atoms with E-state index in [2.05, 4.69) is 10.1 Å². The number of hydrogen-bond donors (Lipinski definition) is 3. The summed E-state index contributed by atoms with van der Waals surface area (Å²) >= 11 is 0. The Bertz CT molecular complexity index is 418. The number of carbonyl (C=O) groups excluding carboxylic acids is 2. The summed E-state index contributed by atoms with van der Waals surface area (Å²) < 4.78 is 4.38. The van der Waals surface area contributed by atoms with Gasteiger partial charge in [-0.3, -0.25) is 9.59 Å². The van der Waals surface area contributed by atoms with Gasteiger partial charge in [-0.15, -0.1) is 0 Å². The molecule has 1 aromatic rings. The summed E-state index contributed by atoms with van der Waals surface area (Å²) in [5, 5.41) is 2.38. The van der Waals surface area contributed by atoms with Gasteiger partial charge in [-0.2, -0.15) is 0 Å². The van der Waals surface area contributed by atoms with Gasteiger partial charge < -0.3 is 21.5 Å². The summed E-state index contributed by atoms with van der Waals surface area (Å²) in [6.45, 7) is -0.195. The average Bonchev–Trinajstić information content (AvgIpc) is 2.25. The molecule has 0 aliphatic carbocycles. The summed E-state index contributed by atoms with van der Waals surface area (Å²) in [6, 6.07) is 4.54. The molecule has 0 saturated heterocycles. The van der Waals surface area contributed by atoms with Gasteiger partial charge in [0.2, 0.25) is 0 Å². The number of nitrogens with one attached hydrogen (secondary N) is 1. The van der Waals surface area contributed by atoms with Gasteiger partial charge in [0.15, 0.2) is 0 Å². The van der Waals surface area contributed by atoms with E-state index >= 15 is 0 Å². The largest absolute Gasteiger partial charge is 0.468 e. The molecule has 0 unspecified atom stereocenters. The van der Waals surface area contributed by atoms with Crippen molar-refractivity contribution < 1.29 is 14.3 Å². The Morgan fingerprint density at radius 3 is 2.62 bits per heavy atom. The third-order valence-electron chi connectivity index (χ3n) is 1.94. The van der Waals surface area contributed by atoms with E-state index in [0.29, 0.717) is 5.69 Å². The van der Waals surface area contributed by atoms with Crippen LogP contribution in [0.5, 0.6) is 0 Å². The highest BCUT2D eigenvalue weighted by Gasteiger charge is 2.10. The molecule has 0 fully saturated rings. The quantitative estimate of drug-likeness (QED) is 0.484. The van der Waals surface area contributed by atoms with Crippen LogP contribution in [0.2, 0.25) is 0 Å². The van der Waals surface area contributed by atoms with Crippen molar-refractivity contribution >= 4 is 23.3 Å². The molecule has 1 aromatic carbocycles. The number of nitrogen functional groups attached to an aromatic ring is 2. The van der Waals surface area contributed by atoms with Crippen LogP contribution in [0.25, 0.3) is 0 Å². The lowest BCUT2D eigenvalue weighted by Crippen LogP contribution is -2.30. The summed E-state index contributed by atoms with van der Waals surface area (Å²) in [4.78, 5) is 22.4. The minimum Gasteiger partial charge on any atom is -0.468 e. The van der Waals surface area contributed by atoms with Crippen LogP contribution in [0.4, 0.5) is 11.4 Å². The van der Waals surface area contributed by atoms with Gasteiger partial charge >= 0.3 is 5.97 Å². The van der Waals surface area contributed by atoms with Crippen LogP contribution in [0.1, 0.15) is 10.4 Å². The Labute approximate surface area is 92.6 Å². The number of anilines is 2. The Morgan fingerprint density at radius 1 is 1.38 bits per heavy atom. The summed E-state index contributed by atoms with van der Waals surface area (Å²) in [6.07, 6.45) is 0. The topological polar surface area (TPSA) is 107 Å². The Kier molecular flexibility index (Phi) is 3.71. The smallest absolute Gasteiger partial charge is 0.325 e. The zero-order valence-corrected chi connectivity index (χ0v) is 8.82. The van der Waals surface area contributed by atoms with Crippen LogP contribution in [-0.2, 0) is 9.53 Å². The minimum atomic E-state index is -0.526. The third-order valence-corrected chi connectivity index (χ3v) is 1.94. The zero-order valence-electron chi connectivity index (χ0n) is 8.82. The average molecular weight is 223 g/mol. The fraction of sp³-hybridized carbons (Fsp3) is 0.200. The highest BCUT2D eigenvalue weighted by atomic mass is 16.5. The number of benzene rings is 1. The molecule has 0 aliphatic rings. The van der Waals surface area contributed by atoms with Crippen LogP contribution < -0.4 is 16.8 Å². The number of esters is 1. The van der Waals surface area contributed by atoms with E-state index in [1.807, 2.05) is 0 Å². The van der Waals surface area contributed by atoms with E-state index < -0.39 is 11.9 Å². The minimum absolute atomic E-state index is 0.195. The molecule has 1 amide bonds. The van der Waals surface area contributed by atoms with Crippen LogP contribution in [-0.4, -0.2) is 25.5 Å². The van der Waals surface area contributed by atoms with E-state index in [1.165, 1.54) is 19.2 Å². The Hall–Kier alpha value is -2.24. The molecule has 6 nitrogen and oxygen atoms in total. The van der Waals surface area contributed by atoms with Crippen molar-refractivity contribution in [3.05, 3.63) is 23.8 Å². The first-order valence-electron chi connectivity index (χ1n) is 4.54. The van der Waals surface area contributed by atoms with Crippen molar-refractivity contribution in [1.82, 2.24) is 5.32 Å². The molecular formula is C10H13N3O3. The number of nitrogens with two attached hydrogens (primary N) is 2. The molecule has 0 aromatic heterocycles. The van der Waals surface area contributed by atoms with Crippen LogP contribution in [0.3, 0.4) is 0 Å². The van der Waals surface area contributed by atoms with E-state index in [1.54, 1.807) is 6.07 Å². The number of methoxy groups -OCH3 is 1. The molecule has 5 N–H and O–H groups in total. The van der Waals surface area contributed by atoms with Crippen molar-refractivity contribution in [2.45, 2.75) is 0 Å². The van der Waals surface area contributed by atoms with Gasteiger partial charge in [0.1, 0.15) is 6.54 Å². The zero-order chi connectivity index (χ0) is 12.1. The van der Waals surface area contributed by atoms with Gasteiger partial charge in [-0.1, -0.05) is 0 Å². The Balaban J connectivity index is 2.70. The highest BCUT2D eigenvalue weighted by molar-refractivity contribution is 6.00. The van der Waals surface area contributed by atoms with Crippen molar-refractivity contribution in [2.75, 3.05) is 25.1 Å². The third kappa shape index (κ3) is 2.88. The van der Waals surface area contributed by atoms with Crippen molar-refractivity contribution in [3.63, 3.8) is 0 Å². The molecule has 6 heteroatoms. The lowest BCUT2D eigenvalue weighted by atomic mass is 10.1. The molecule has 0 radical (unpaired) electrons. The van der Waals surface area contributed by atoms with Gasteiger partial charge in [-0.25, -0.2) is 0 Å². The second-order valence-corrected chi connectivity index (χ2v) is 3.11. The molecule has 86 valence electrons. The fourth-order valence-electron chi connectivity index (χ4n) is 1.11. The second kappa shape index (κ2) is 5.01. The predicted octanol–water partition coefficient (Wildman–Crippen LogP) is -0.246. The van der Waals surface area contributed by atoms with Crippen LogP contribution >= 0.6 is 0 Å². The fourth-order valence-corrected chi connectivity index (χ4v) is 1.11. The predicted molar refractivity (Wildman–Crippen MR) is 59.6 cm³/mol. The van der Waals surface area contributed by atoms with Crippen LogP contribution in [0.15, 0.2) is 18.2 Å². The van der Waals surface area contributed by atoms with Crippen molar-refractivity contribution in [2.24, 2.45) is 0 Å².